The second-order valence-corrected chi connectivity index (χ2v) is 9.94. The minimum atomic E-state index is -3.75. The highest BCUT2D eigenvalue weighted by molar-refractivity contribution is 7.51. The first-order chi connectivity index (χ1) is 15.3. The highest BCUT2D eigenvalue weighted by atomic mass is 31.2. The Morgan fingerprint density at radius 3 is 2.34 bits per heavy atom. The Hall–Kier alpha value is -2.24. The maximum absolute atomic E-state index is 14.1. The molecule has 1 fully saturated rings. The maximum atomic E-state index is 14.1. The number of esters is 1. The van der Waals surface area contributed by atoms with Crippen molar-refractivity contribution >= 4 is 13.7 Å². The van der Waals surface area contributed by atoms with Gasteiger partial charge in [0.1, 0.15) is 5.41 Å². The van der Waals surface area contributed by atoms with Crippen molar-refractivity contribution < 1.29 is 23.1 Å². The van der Waals surface area contributed by atoms with Gasteiger partial charge in [-0.15, -0.1) is 0 Å². The summed E-state index contributed by atoms with van der Waals surface area (Å²) in [5.74, 6) is -0.414. The number of nitrogens with zero attached hydrogens (tertiary/aromatic N) is 1. The van der Waals surface area contributed by atoms with Crippen molar-refractivity contribution in [2.24, 2.45) is 0 Å². The second-order valence-electron chi connectivity index (χ2n) is 7.97. The number of hydrogen-bond donors (Lipinski definition) is 0. The highest BCUT2D eigenvalue weighted by Gasteiger charge is 2.58. The Labute approximate surface area is 190 Å². The third-order valence-electron chi connectivity index (χ3n) is 5.78. The van der Waals surface area contributed by atoms with Gasteiger partial charge < -0.3 is 4.74 Å². The predicted molar refractivity (Wildman–Crippen MR) is 125 cm³/mol. The van der Waals surface area contributed by atoms with Crippen LogP contribution in [-0.2, 0) is 28.6 Å². The lowest BCUT2D eigenvalue weighted by Crippen LogP contribution is -2.53. The van der Waals surface area contributed by atoms with Crippen LogP contribution >= 0.6 is 7.75 Å². The quantitative estimate of drug-likeness (QED) is 0.293. The van der Waals surface area contributed by atoms with E-state index in [1.54, 1.807) is 18.5 Å². The molecule has 3 rings (SSSR count). The summed E-state index contributed by atoms with van der Waals surface area (Å²) in [4.78, 5) is 13.7. The molecule has 2 atom stereocenters. The molecule has 0 saturated carbocycles. The van der Waals surface area contributed by atoms with E-state index < -0.39 is 25.2 Å². The zero-order valence-corrected chi connectivity index (χ0v) is 20.1. The summed E-state index contributed by atoms with van der Waals surface area (Å²) in [6.45, 7) is 10.4. The van der Waals surface area contributed by atoms with E-state index in [1.165, 1.54) is 7.11 Å². The van der Waals surface area contributed by atoms with E-state index in [2.05, 4.69) is 6.58 Å². The Bertz CT molecular complexity index is 998. The van der Waals surface area contributed by atoms with Crippen molar-refractivity contribution in [3.05, 3.63) is 83.4 Å². The summed E-state index contributed by atoms with van der Waals surface area (Å²) >= 11 is 0. The van der Waals surface area contributed by atoms with Crippen LogP contribution in [0.4, 0.5) is 0 Å². The van der Waals surface area contributed by atoms with Gasteiger partial charge in [-0.05, 0) is 38.3 Å². The number of rotatable bonds is 8. The standard InChI is InChI=1S/C25H32NO5P/c1-6-30-32(28,31-7-2)26-18-20(4)17-25(24(27)29-5,22-15-11-12-19(3)16-22)23(26)21-13-9-8-10-14-21/h8-16,23H,4,6-7,17-18H2,1-3,5H3/t23-,25+/m0/s1. The average Bonchev–Trinajstić information content (AvgIpc) is 2.78. The summed E-state index contributed by atoms with van der Waals surface area (Å²) in [7, 11) is -2.37. The van der Waals surface area contributed by atoms with Crippen molar-refractivity contribution in [2.75, 3.05) is 26.9 Å². The molecule has 1 saturated heterocycles. The number of aryl methyl sites for hydroxylation is 1. The van der Waals surface area contributed by atoms with Gasteiger partial charge in [-0.1, -0.05) is 72.3 Å². The molecule has 1 aliphatic heterocycles. The SMILES string of the molecule is C=C1CN(P(=O)(OCC)OCC)[C@@H](c2ccccc2)[C@](C(=O)OC)(c2cccc(C)c2)C1. The monoisotopic (exact) mass is 457 g/mol. The Morgan fingerprint density at radius 2 is 1.78 bits per heavy atom. The summed E-state index contributed by atoms with van der Waals surface area (Å²) in [6, 6.07) is 16.7. The molecule has 0 amide bonds. The molecule has 0 bridgehead atoms. The molecular formula is C25H32NO5P. The van der Waals surface area contributed by atoms with E-state index in [9.17, 15) is 9.36 Å². The second kappa shape index (κ2) is 10.1. The van der Waals surface area contributed by atoms with Gasteiger partial charge >= 0.3 is 13.7 Å². The number of hydrogen-bond acceptors (Lipinski definition) is 5. The molecule has 0 radical (unpaired) electrons. The molecule has 0 unspecified atom stereocenters. The summed E-state index contributed by atoms with van der Waals surface area (Å²) in [6.07, 6.45) is 0.359. The number of carbonyl (C=O) groups is 1. The largest absolute Gasteiger partial charge is 0.468 e. The topological polar surface area (TPSA) is 65.1 Å². The molecule has 0 spiro atoms. The van der Waals surface area contributed by atoms with Gasteiger partial charge in [-0.3, -0.25) is 13.8 Å². The van der Waals surface area contributed by atoms with Crippen molar-refractivity contribution in [2.45, 2.75) is 38.6 Å². The lowest BCUT2D eigenvalue weighted by molar-refractivity contribution is -0.151. The smallest absolute Gasteiger partial charge is 0.409 e. The Kier molecular flexibility index (Phi) is 7.73. The Balaban J connectivity index is 2.36. The van der Waals surface area contributed by atoms with Gasteiger partial charge in [0.05, 0.1) is 26.4 Å². The van der Waals surface area contributed by atoms with Crippen LogP contribution in [-0.4, -0.2) is 37.5 Å². The normalized spacial score (nSPS) is 22.0. The third kappa shape index (κ3) is 4.46. The molecule has 6 nitrogen and oxygen atoms in total. The van der Waals surface area contributed by atoms with Gasteiger partial charge in [0.25, 0.3) is 0 Å². The van der Waals surface area contributed by atoms with Crippen LogP contribution in [0.25, 0.3) is 0 Å². The van der Waals surface area contributed by atoms with Crippen molar-refractivity contribution in [3.63, 3.8) is 0 Å². The fourth-order valence-corrected chi connectivity index (χ4v) is 6.63. The van der Waals surface area contributed by atoms with E-state index in [0.29, 0.717) is 6.42 Å². The van der Waals surface area contributed by atoms with Gasteiger partial charge in [0.2, 0.25) is 0 Å². The first kappa shape index (κ1) is 24.4. The van der Waals surface area contributed by atoms with E-state index in [4.69, 9.17) is 13.8 Å². The fraction of sp³-hybridized carbons (Fsp3) is 0.400. The molecular weight excluding hydrogens is 425 g/mol. The van der Waals surface area contributed by atoms with E-state index >= 15 is 0 Å². The highest BCUT2D eigenvalue weighted by Crippen LogP contribution is 2.63. The van der Waals surface area contributed by atoms with Crippen LogP contribution in [0.3, 0.4) is 0 Å². The third-order valence-corrected chi connectivity index (χ3v) is 7.95. The first-order valence-electron chi connectivity index (χ1n) is 10.9. The van der Waals surface area contributed by atoms with Crippen molar-refractivity contribution in [1.29, 1.82) is 0 Å². The number of methoxy groups -OCH3 is 1. The summed E-state index contributed by atoms with van der Waals surface area (Å²) in [5, 5.41) is 0. The van der Waals surface area contributed by atoms with Crippen LogP contribution in [0, 0.1) is 6.92 Å². The summed E-state index contributed by atoms with van der Waals surface area (Å²) in [5.41, 5.74) is 2.19. The zero-order chi connectivity index (χ0) is 23.4. The lowest BCUT2D eigenvalue weighted by Gasteiger charge is -2.50. The van der Waals surface area contributed by atoms with E-state index in [-0.39, 0.29) is 19.8 Å². The Morgan fingerprint density at radius 1 is 1.12 bits per heavy atom. The molecule has 2 aromatic rings. The van der Waals surface area contributed by atoms with Crippen LogP contribution in [0.2, 0.25) is 0 Å². The number of carbonyl (C=O) groups excluding carboxylic acids is 1. The van der Waals surface area contributed by atoms with Crippen LogP contribution in [0.5, 0.6) is 0 Å². The molecule has 0 aromatic heterocycles. The zero-order valence-electron chi connectivity index (χ0n) is 19.2. The van der Waals surface area contributed by atoms with Crippen molar-refractivity contribution in [1.82, 2.24) is 4.67 Å². The molecule has 1 aliphatic rings. The molecule has 0 aliphatic carbocycles. The molecule has 2 aromatic carbocycles. The van der Waals surface area contributed by atoms with Crippen LogP contribution in [0.1, 0.15) is 43.0 Å². The fourth-order valence-electron chi connectivity index (χ4n) is 4.62. The number of benzene rings is 2. The lowest BCUT2D eigenvalue weighted by atomic mass is 9.65. The maximum Gasteiger partial charge on any atom is 0.409 e. The summed E-state index contributed by atoms with van der Waals surface area (Å²) < 4.78 is 32.6. The molecule has 172 valence electrons. The molecule has 1 heterocycles. The van der Waals surface area contributed by atoms with Crippen LogP contribution in [0.15, 0.2) is 66.7 Å². The van der Waals surface area contributed by atoms with Gasteiger partial charge in [-0.2, -0.15) is 4.67 Å². The molecule has 0 N–H and O–H groups in total. The van der Waals surface area contributed by atoms with Gasteiger partial charge in [0, 0.05) is 6.54 Å². The number of piperidine rings is 1. The van der Waals surface area contributed by atoms with Crippen molar-refractivity contribution in [3.8, 4) is 0 Å². The van der Waals surface area contributed by atoms with Gasteiger partial charge in [-0.25, -0.2) is 4.57 Å². The van der Waals surface area contributed by atoms with Crippen LogP contribution < -0.4 is 0 Å². The van der Waals surface area contributed by atoms with E-state index in [0.717, 1.165) is 22.3 Å². The van der Waals surface area contributed by atoms with Gasteiger partial charge in [0.15, 0.2) is 0 Å². The van der Waals surface area contributed by atoms with E-state index in [1.807, 2.05) is 61.5 Å². The minimum absolute atomic E-state index is 0.206. The molecule has 7 heteroatoms. The average molecular weight is 458 g/mol. The minimum Gasteiger partial charge on any atom is -0.468 e. The number of ether oxygens (including phenoxy) is 1. The predicted octanol–water partition coefficient (Wildman–Crippen LogP) is 5.59. The first-order valence-corrected chi connectivity index (χ1v) is 12.3. The molecule has 32 heavy (non-hydrogen) atoms.